The summed E-state index contributed by atoms with van der Waals surface area (Å²) in [7, 11) is 0. The second-order valence-corrected chi connectivity index (χ2v) is 5.00. The van der Waals surface area contributed by atoms with E-state index in [4.69, 9.17) is 23.2 Å². The third-order valence-corrected chi connectivity index (χ3v) is 3.31. The third-order valence-electron chi connectivity index (χ3n) is 2.71. The first-order chi connectivity index (χ1) is 8.97. The average molecular weight is 302 g/mol. The van der Waals surface area contributed by atoms with Crippen molar-refractivity contribution >= 4 is 28.9 Å². The van der Waals surface area contributed by atoms with Crippen LogP contribution < -0.4 is 5.32 Å². The van der Waals surface area contributed by atoms with Gasteiger partial charge in [-0.25, -0.2) is 8.78 Å². The highest BCUT2D eigenvalue weighted by Gasteiger charge is 2.08. The Bertz CT molecular complexity index is 591. The molecule has 2 aromatic carbocycles. The molecule has 19 heavy (non-hydrogen) atoms. The molecule has 0 atom stereocenters. The first-order valence-electron chi connectivity index (χ1n) is 5.61. The molecule has 0 spiro atoms. The van der Waals surface area contributed by atoms with Gasteiger partial charge in [-0.3, -0.25) is 0 Å². The normalized spacial score (nSPS) is 10.6. The van der Waals surface area contributed by atoms with E-state index in [2.05, 4.69) is 5.32 Å². The summed E-state index contributed by atoms with van der Waals surface area (Å²) < 4.78 is 26.4. The zero-order chi connectivity index (χ0) is 14.0. The molecule has 0 aliphatic heterocycles. The van der Waals surface area contributed by atoms with Gasteiger partial charge in [0.25, 0.3) is 0 Å². The monoisotopic (exact) mass is 301 g/mol. The topological polar surface area (TPSA) is 12.0 Å². The minimum atomic E-state index is -0.498. The molecule has 0 bridgehead atoms. The van der Waals surface area contributed by atoms with Gasteiger partial charge >= 0.3 is 0 Å². The summed E-state index contributed by atoms with van der Waals surface area (Å²) >= 11 is 11.8. The van der Waals surface area contributed by atoms with Crippen LogP contribution in [0.15, 0.2) is 30.3 Å². The first-order valence-corrected chi connectivity index (χ1v) is 6.36. The van der Waals surface area contributed by atoms with Crippen LogP contribution in [0.1, 0.15) is 11.1 Å². The zero-order valence-corrected chi connectivity index (χ0v) is 11.6. The molecule has 0 saturated carbocycles. The summed E-state index contributed by atoms with van der Waals surface area (Å²) in [6.07, 6.45) is 0. The number of nitrogens with one attached hydrogen (secondary N) is 1. The van der Waals surface area contributed by atoms with E-state index < -0.39 is 5.82 Å². The maximum Gasteiger partial charge on any atom is 0.126 e. The molecule has 0 aliphatic carbocycles. The smallest absolute Gasteiger partial charge is 0.126 e. The van der Waals surface area contributed by atoms with E-state index in [1.54, 1.807) is 19.1 Å². The summed E-state index contributed by atoms with van der Waals surface area (Å²) in [6, 6.07) is 7.28. The molecule has 2 rings (SSSR count). The molecular weight excluding hydrogens is 291 g/mol. The third kappa shape index (κ3) is 3.37. The standard InChI is InChI=1S/C14H11Cl2F2N/c1-8-2-3-9(4-13(8)18)7-19-14-11(15)5-10(17)6-12(14)16/h2-6,19H,7H2,1H3. The molecule has 2 aromatic rings. The van der Waals surface area contributed by atoms with Crippen molar-refractivity contribution in [3.8, 4) is 0 Å². The van der Waals surface area contributed by atoms with Gasteiger partial charge in [-0.05, 0) is 36.2 Å². The van der Waals surface area contributed by atoms with Gasteiger partial charge in [0.1, 0.15) is 11.6 Å². The fraction of sp³-hybridized carbons (Fsp3) is 0.143. The molecule has 5 heteroatoms. The molecule has 1 nitrogen and oxygen atoms in total. The number of aryl methyl sites for hydroxylation is 1. The summed E-state index contributed by atoms with van der Waals surface area (Å²) in [6.45, 7) is 2.04. The molecule has 1 N–H and O–H groups in total. The summed E-state index contributed by atoms with van der Waals surface area (Å²) in [4.78, 5) is 0. The Morgan fingerprint density at radius 1 is 1.05 bits per heavy atom. The summed E-state index contributed by atoms with van der Waals surface area (Å²) in [5.41, 5.74) is 1.77. The quantitative estimate of drug-likeness (QED) is 0.822. The molecular formula is C14H11Cl2F2N. The van der Waals surface area contributed by atoms with E-state index in [1.807, 2.05) is 0 Å². The minimum Gasteiger partial charge on any atom is -0.379 e. The first kappa shape index (κ1) is 14.1. The Morgan fingerprint density at radius 2 is 1.68 bits per heavy atom. The number of halogens is 4. The number of anilines is 1. The van der Waals surface area contributed by atoms with E-state index in [-0.39, 0.29) is 15.9 Å². The van der Waals surface area contributed by atoms with Gasteiger partial charge in [-0.15, -0.1) is 0 Å². The fourth-order valence-corrected chi connectivity index (χ4v) is 2.24. The highest BCUT2D eigenvalue weighted by atomic mass is 35.5. The van der Waals surface area contributed by atoms with Crippen LogP contribution in [0.5, 0.6) is 0 Å². The van der Waals surface area contributed by atoms with Gasteiger partial charge in [0.2, 0.25) is 0 Å². The van der Waals surface area contributed by atoms with Crippen molar-refractivity contribution in [3.63, 3.8) is 0 Å². The summed E-state index contributed by atoms with van der Waals surface area (Å²) in [5, 5.41) is 3.36. The van der Waals surface area contributed by atoms with Crippen LogP contribution in [0.3, 0.4) is 0 Å². The van der Waals surface area contributed by atoms with Crippen molar-refractivity contribution in [2.24, 2.45) is 0 Å². The number of hydrogen-bond acceptors (Lipinski definition) is 1. The lowest BCUT2D eigenvalue weighted by molar-refractivity contribution is 0.616. The van der Waals surface area contributed by atoms with E-state index >= 15 is 0 Å². The van der Waals surface area contributed by atoms with Gasteiger partial charge in [-0.2, -0.15) is 0 Å². The molecule has 0 saturated heterocycles. The Kier molecular flexibility index (Phi) is 4.27. The van der Waals surface area contributed by atoms with Crippen molar-refractivity contribution in [1.82, 2.24) is 0 Å². The Morgan fingerprint density at radius 3 is 2.26 bits per heavy atom. The predicted octanol–water partition coefficient (Wildman–Crippen LogP) is 5.19. The second-order valence-electron chi connectivity index (χ2n) is 4.18. The van der Waals surface area contributed by atoms with Crippen LogP contribution in [0.4, 0.5) is 14.5 Å². The zero-order valence-electron chi connectivity index (χ0n) is 10.1. The Labute approximate surface area is 120 Å². The van der Waals surface area contributed by atoms with Crippen molar-refractivity contribution in [2.75, 3.05) is 5.32 Å². The highest BCUT2D eigenvalue weighted by Crippen LogP contribution is 2.31. The molecule has 0 amide bonds. The van der Waals surface area contributed by atoms with E-state index in [0.29, 0.717) is 17.8 Å². The van der Waals surface area contributed by atoms with E-state index in [9.17, 15) is 8.78 Å². The van der Waals surface area contributed by atoms with Crippen molar-refractivity contribution in [2.45, 2.75) is 13.5 Å². The van der Waals surface area contributed by atoms with Crippen molar-refractivity contribution in [1.29, 1.82) is 0 Å². The van der Waals surface area contributed by atoms with E-state index in [0.717, 1.165) is 5.56 Å². The molecule has 0 aliphatic rings. The minimum absolute atomic E-state index is 0.192. The van der Waals surface area contributed by atoms with Crippen molar-refractivity contribution in [3.05, 3.63) is 63.1 Å². The molecule has 0 unspecified atom stereocenters. The van der Waals surface area contributed by atoms with Gasteiger partial charge in [0.05, 0.1) is 15.7 Å². The maximum absolute atomic E-state index is 13.4. The average Bonchev–Trinajstić information content (AvgIpc) is 2.32. The van der Waals surface area contributed by atoms with Crippen LogP contribution in [0, 0.1) is 18.6 Å². The molecule has 0 fully saturated rings. The van der Waals surface area contributed by atoms with Crippen LogP contribution >= 0.6 is 23.2 Å². The lowest BCUT2D eigenvalue weighted by atomic mass is 10.1. The Balaban J connectivity index is 2.16. The molecule has 0 radical (unpaired) electrons. The van der Waals surface area contributed by atoms with Crippen LogP contribution in [0.2, 0.25) is 10.0 Å². The largest absolute Gasteiger partial charge is 0.379 e. The fourth-order valence-electron chi connectivity index (χ4n) is 1.65. The predicted molar refractivity (Wildman–Crippen MR) is 74.9 cm³/mol. The Hall–Kier alpha value is -1.32. The number of rotatable bonds is 3. The highest BCUT2D eigenvalue weighted by molar-refractivity contribution is 6.39. The van der Waals surface area contributed by atoms with Crippen LogP contribution in [0.25, 0.3) is 0 Å². The molecule has 0 heterocycles. The molecule has 100 valence electrons. The van der Waals surface area contributed by atoms with Crippen molar-refractivity contribution < 1.29 is 8.78 Å². The van der Waals surface area contributed by atoms with Gasteiger partial charge < -0.3 is 5.32 Å². The second kappa shape index (κ2) is 5.76. The summed E-state index contributed by atoms with van der Waals surface area (Å²) in [5.74, 6) is -0.766. The van der Waals surface area contributed by atoms with Gasteiger partial charge in [0, 0.05) is 6.54 Å². The lowest BCUT2D eigenvalue weighted by Crippen LogP contribution is -2.02. The lowest BCUT2D eigenvalue weighted by Gasteiger charge is -2.11. The number of hydrogen-bond donors (Lipinski definition) is 1. The van der Waals surface area contributed by atoms with E-state index in [1.165, 1.54) is 18.2 Å². The maximum atomic E-state index is 13.4. The van der Waals surface area contributed by atoms with Gasteiger partial charge in [0.15, 0.2) is 0 Å². The van der Waals surface area contributed by atoms with Gasteiger partial charge in [-0.1, -0.05) is 35.3 Å². The molecule has 0 aromatic heterocycles. The number of benzene rings is 2. The SMILES string of the molecule is Cc1ccc(CNc2c(Cl)cc(F)cc2Cl)cc1F. The van der Waals surface area contributed by atoms with Crippen LogP contribution in [-0.2, 0) is 6.54 Å². The van der Waals surface area contributed by atoms with Crippen LogP contribution in [-0.4, -0.2) is 0 Å².